The molecule has 0 saturated heterocycles. The van der Waals surface area contributed by atoms with Gasteiger partial charge >= 0.3 is 5.97 Å². The van der Waals surface area contributed by atoms with Gasteiger partial charge in [-0.1, -0.05) is 13.8 Å². The number of hydrogen-bond acceptors (Lipinski definition) is 5. The summed E-state index contributed by atoms with van der Waals surface area (Å²) in [4.78, 5) is 32.1. The van der Waals surface area contributed by atoms with Gasteiger partial charge in [0.1, 0.15) is 11.2 Å². The number of methoxy groups -OCH3 is 1. The van der Waals surface area contributed by atoms with E-state index in [9.17, 15) is 9.59 Å². The van der Waals surface area contributed by atoms with Gasteiger partial charge in [-0.2, -0.15) is 0 Å². The van der Waals surface area contributed by atoms with E-state index in [-0.39, 0.29) is 5.91 Å². The van der Waals surface area contributed by atoms with Gasteiger partial charge in [0, 0.05) is 17.8 Å². The molecule has 2 heterocycles. The molecule has 2 N–H and O–H groups in total. The number of fused-ring (bicyclic) bond motifs is 1. The molecule has 0 aliphatic carbocycles. The van der Waals surface area contributed by atoms with Crippen molar-refractivity contribution in [1.29, 1.82) is 0 Å². The Balaban J connectivity index is 1.90. The van der Waals surface area contributed by atoms with E-state index in [0.717, 1.165) is 0 Å². The number of H-pyrrole nitrogens is 1. The highest BCUT2D eigenvalue weighted by molar-refractivity contribution is 6.07. The number of anilines is 1. The molecule has 0 aliphatic heterocycles. The molecule has 0 aliphatic rings. The maximum Gasteiger partial charge on any atom is 0.339 e. The molecule has 3 aromatic rings. The molecule has 0 radical (unpaired) electrons. The van der Waals surface area contributed by atoms with Crippen molar-refractivity contribution in [3.05, 3.63) is 46.6 Å². The minimum Gasteiger partial charge on any atom is -0.465 e. The maximum absolute atomic E-state index is 12.7. The van der Waals surface area contributed by atoms with E-state index in [1.165, 1.54) is 7.11 Å². The maximum atomic E-state index is 12.7. The number of carbonyl (C=O) groups is 2. The van der Waals surface area contributed by atoms with Gasteiger partial charge in [-0.05, 0) is 37.1 Å². The fourth-order valence-electron chi connectivity index (χ4n) is 2.93. The van der Waals surface area contributed by atoms with Gasteiger partial charge < -0.3 is 19.5 Å². The molecule has 3 rings (SSSR count). The number of ether oxygens (including phenoxy) is 1. The number of amides is 1. The first kappa shape index (κ1) is 17.7. The van der Waals surface area contributed by atoms with Crippen LogP contribution in [0.1, 0.15) is 51.8 Å². The van der Waals surface area contributed by atoms with Gasteiger partial charge in [-0.15, -0.1) is 0 Å². The fourth-order valence-corrected chi connectivity index (χ4v) is 2.93. The summed E-state index contributed by atoms with van der Waals surface area (Å²) in [5.41, 5.74) is 3.98. The Labute approximate surface area is 150 Å². The first-order valence-corrected chi connectivity index (χ1v) is 8.49. The quantitative estimate of drug-likeness (QED) is 0.681. The molecular weight excluding hydrogens is 334 g/mol. The molecule has 0 saturated carbocycles. The molecule has 0 bridgehead atoms. The molecule has 26 heavy (non-hydrogen) atoms. The van der Waals surface area contributed by atoms with Crippen molar-refractivity contribution in [2.75, 3.05) is 12.4 Å². The van der Waals surface area contributed by atoms with Gasteiger partial charge in [0.25, 0.3) is 5.91 Å². The summed E-state index contributed by atoms with van der Waals surface area (Å²) in [5.74, 6) is -0.129. The van der Waals surface area contributed by atoms with Crippen molar-refractivity contribution in [3.63, 3.8) is 0 Å². The Kier molecular flexibility index (Phi) is 4.79. The predicted molar refractivity (Wildman–Crippen MR) is 97.6 cm³/mol. The normalized spacial score (nSPS) is 10.9. The van der Waals surface area contributed by atoms with Crippen molar-refractivity contribution >= 4 is 28.7 Å². The summed E-state index contributed by atoms with van der Waals surface area (Å²) in [6, 6.07) is 5.29. The van der Waals surface area contributed by atoms with Gasteiger partial charge in [0.15, 0.2) is 11.5 Å². The van der Waals surface area contributed by atoms with E-state index in [1.54, 1.807) is 25.1 Å². The molecule has 0 spiro atoms. The average molecular weight is 355 g/mol. The molecule has 0 atom stereocenters. The van der Waals surface area contributed by atoms with Crippen molar-refractivity contribution in [3.8, 4) is 0 Å². The minimum absolute atomic E-state index is 0.328. The molecule has 136 valence electrons. The second-order valence-corrected chi connectivity index (χ2v) is 5.92. The third-order valence-corrected chi connectivity index (χ3v) is 4.29. The van der Waals surface area contributed by atoms with Crippen LogP contribution in [-0.2, 0) is 17.6 Å². The number of benzene rings is 1. The van der Waals surface area contributed by atoms with Gasteiger partial charge in [-0.3, -0.25) is 4.79 Å². The number of carbonyl (C=O) groups excluding carboxylic acids is 2. The number of aromatic nitrogens is 2. The van der Waals surface area contributed by atoms with Crippen LogP contribution in [0.25, 0.3) is 11.1 Å². The van der Waals surface area contributed by atoms with Crippen LogP contribution >= 0.6 is 0 Å². The zero-order valence-corrected chi connectivity index (χ0v) is 15.2. The number of aromatic amines is 1. The monoisotopic (exact) mass is 355 g/mol. The van der Waals surface area contributed by atoms with E-state index in [2.05, 4.69) is 15.3 Å². The smallest absolute Gasteiger partial charge is 0.339 e. The summed E-state index contributed by atoms with van der Waals surface area (Å²) in [6.45, 7) is 5.60. The van der Waals surface area contributed by atoms with Crippen molar-refractivity contribution in [2.45, 2.75) is 33.6 Å². The highest BCUT2D eigenvalue weighted by Crippen LogP contribution is 2.23. The lowest BCUT2D eigenvalue weighted by Gasteiger charge is -2.05. The highest BCUT2D eigenvalue weighted by Gasteiger charge is 2.23. The number of oxazole rings is 1. The molecule has 1 amide bonds. The number of esters is 1. The Morgan fingerprint density at radius 2 is 2.04 bits per heavy atom. The topological polar surface area (TPSA) is 97.2 Å². The average Bonchev–Trinajstić information content (AvgIpc) is 3.20. The van der Waals surface area contributed by atoms with E-state index in [1.807, 2.05) is 13.8 Å². The van der Waals surface area contributed by atoms with Crippen LogP contribution in [0.3, 0.4) is 0 Å². The third-order valence-electron chi connectivity index (χ3n) is 4.29. The first-order chi connectivity index (χ1) is 12.5. The number of hydrogen-bond donors (Lipinski definition) is 2. The Hall–Kier alpha value is -3.09. The van der Waals surface area contributed by atoms with Crippen LogP contribution in [-0.4, -0.2) is 29.0 Å². The Morgan fingerprint density at radius 1 is 1.27 bits per heavy atom. The van der Waals surface area contributed by atoms with Crippen molar-refractivity contribution < 1.29 is 18.7 Å². The molecule has 1 aromatic carbocycles. The highest BCUT2D eigenvalue weighted by atomic mass is 16.5. The van der Waals surface area contributed by atoms with E-state index >= 15 is 0 Å². The van der Waals surface area contributed by atoms with E-state index < -0.39 is 5.97 Å². The minimum atomic E-state index is -0.453. The summed E-state index contributed by atoms with van der Waals surface area (Å²) in [5, 5.41) is 2.84. The van der Waals surface area contributed by atoms with Gasteiger partial charge in [-0.25, -0.2) is 9.78 Å². The summed E-state index contributed by atoms with van der Waals surface area (Å²) in [7, 11) is 1.33. The van der Waals surface area contributed by atoms with Crippen molar-refractivity contribution in [2.24, 2.45) is 0 Å². The van der Waals surface area contributed by atoms with E-state index in [4.69, 9.17) is 9.15 Å². The lowest BCUT2D eigenvalue weighted by atomic mass is 10.1. The largest absolute Gasteiger partial charge is 0.465 e. The summed E-state index contributed by atoms with van der Waals surface area (Å²) >= 11 is 0. The zero-order chi connectivity index (χ0) is 18.8. The Bertz CT molecular complexity index is 984. The molecule has 2 aromatic heterocycles. The van der Waals surface area contributed by atoms with Gasteiger partial charge in [0.05, 0.1) is 12.7 Å². The zero-order valence-electron chi connectivity index (χ0n) is 15.2. The van der Waals surface area contributed by atoms with Crippen LogP contribution in [0.2, 0.25) is 0 Å². The molecule has 0 unspecified atom stereocenters. The standard InChI is InChI=1S/C19H21N3O4/c1-5-12-16(19(24)25-4)10(3)17(22-12)18(23)20-11-7-8-14-13(9-11)21-15(6-2)26-14/h7-9,22H,5-6H2,1-4H3,(H,20,23). The fraction of sp³-hybridized carbons (Fsp3) is 0.316. The van der Waals surface area contributed by atoms with Crippen LogP contribution in [0.5, 0.6) is 0 Å². The summed E-state index contributed by atoms with van der Waals surface area (Å²) in [6.07, 6.45) is 1.29. The number of nitrogens with zero attached hydrogens (tertiary/aromatic N) is 1. The van der Waals surface area contributed by atoms with E-state index in [0.29, 0.717) is 58.0 Å². The molecule has 0 fully saturated rings. The van der Waals surface area contributed by atoms with Crippen LogP contribution in [0, 0.1) is 6.92 Å². The third kappa shape index (κ3) is 3.08. The number of rotatable bonds is 5. The lowest BCUT2D eigenvalue weighted by molar-refractivity contribution is 0.0599. The molecule has 7 heteroatoms. The Morgan fingerprint density at radius 3 is 2.69 bits per heavy atom. The van der Waals surface area contributed by atoms with Gasteiger partial charge in [0.2, 0.25) is 0 Å². The predicted octanol–water partition coefficient (Wildman–Crippen LogP) is 3.63. The lowest BCUT2D eigenvalue weighted by Crippen LogP contribution is -2.14. The molecule has 7 nitrogen and oxygen atoms in total. The van der Waals surface area contributed by atoms with Crippen molar-refractivity contribution in [1.82, 2.24) is 9.97 Å². The first-order valence-electron chi connectivity index (χ1n) is 8.49. The summed E-state index contributed by atoms with van der Waals surface area (Å²) < 4.78 is 10.4. The van der Waals surface area contributed by atoms with Crippen LogP contribution < -0.4 is 5.32 Å². The van der Waals surface area contributed by atoms with Crippen LogP contribution in [0.15, 0.2) is 22.6 Å². The second-order valence-electron chi connectivity index (χ2n) is 5.92. The van der Waals surface area contributed by atoms with Crippen LogP contribution in [0.4, 0.5) is 5.69 Å². The molecular formula is C19H21N3O4. The second kappa shape index (κ2) is 7.03. The number of aryl methyl sites for hydroxylation is 2. The number of nitrogens with one attached hydrogen (secondary N) is 2. The SMILES string of the molecule is CCc1nc2cc(NC(=O)c3[nH]c(CC)c(C(=O)OC)c3C)ccc2o1.